The number of urea groups is 1. The molecule has 3 amide bonds. The number of benzene rings is 1. The molecule has 2 heterocycles. The average Bonchev–Trinajstić information content (AvgIpc) is 2.41. The van der Waals surface area contributed by atoms with Gasteiger partial charge in [0.15, 0.2) is 0 Å². The van der Waals surface area contributed by atoms with Gasteiger partial charge in [0.05, 0.1) is 11.9 Å². The third-order valence-corrected chi connectivity index (χ3v) is 3.15. The highest BCUT2D eigenvalue weighted by Crippen LogP contribution is 2.29. The highest BCUT2D eigenvalue weighted by atomic mass is 16.2. The Morgan fingerprint density at radius 2 is 1.95 bits per heavy atom. The van der Waals surface area contributed by atoms with Crippen molar-refractivity contribution in [3.8, 4) is 0 Å². The summed E-state index contributed by atoms with van der Waals surface area (Å²) in [6, 6.07) is 7.05. The molecule has 1 aromatic heterocycles. The largest absolute Gasteiger partial charge is 0.383 e. The van der Waals surface area contributed by atoms with Crippen molar-refractivity contribution in [2.24, 2.45) is 0 Å². The Labute approximate surface area is 109 Å². The molecule has 0 aliphatic carbocycles. The monoisotopic (exact) mass is 256 g/mol. The van der Waals surface area contributed by atoms with E-state index in [9.17, 15) is 9.59 Å². The van der Waals surface area contributed by atoms with Crippen LogP contribution >= 0.6 is 0 Å². The Kier molecular flexibility index (Phi) is 2.56. The number of rotatable bonds is 1. The van der Waals surface area contributed by atoms with Crippen molar-refractivity contribution in [2.45, 2.75) is 6.42 Å². The molecule has 19 heavy (non-hydrogen) atoms. The molecule has 0 unspecified atom stereocenters. The lowest BCUT2D eigenvalue weighted by molar-refractivity contribution is -0.120. The minimum absolute atomic E-state index is 0.256. The topological polar surface area (TPSA) is 88.3 Å². The second-order valence-corrected chi connectivity index (χ2v) is 4.33. The summed E-state index contributed by atoms with van der Waals surface area (Å²) in [5.41, 5.74) is 6.49. The van der Waals surface area contributed by atoms with Crippen molar-refractivity contribution in [1.29, 1.82) is 0 Å². The number of amides is 3. The molecule has 0 atom stereocenters. The first kappa shape index (κ1) is 11.5. The van der Waals surface area contributed by atoms with E-state index in [0.29, 0.717) is 18.1 Å². The van der Waals surface area contributed by atoms with Gasteiger partial charge in [0.2, 0.25) is 5.91 Å². The number of pyridine rings is 1. The van der Waals surface area contributed by atoms with Gasteiger partial charge in [-0.25, -0.2) is 9.78 Å². The Morgan fingerprint density at radius 1 is 1.21 bits per heavy atom. The van der Waals surface area contributed by atoms with Crippen LogP contribution < -0.4 is 16.0 Å². The van der Waals surface area contributed by atoms with Gasteiger partial charge in [0, 0.05) is 23.7 Å². The van der Waals surface area contributed by atoms with E-state index in [1.54, 1.807) is 6.20 Å². The van der Waals surface area contributed by atoms with Gasteiger partial charge in [-0.05, 0) is 0 Å². The van der Waals surface area contributed by atoms with Gasteiger partial charge in [0.25, 0.3) is 0 Å². The Bertz CT molecular complexity index is 683. The summed E-state index contributed by atoms with van der Waals surface area (Å²) in [6.07, 6.45) is 1.84. The van der Waals surface area contributed by atoms with Crippen LogP contribution in [0.1, 0.15) is 6.42 Å². The van der Waals surface area contributed by atoms with Crippen LogP contribution in [0, 0.1) is 0 Å². The van der Waals surface area contributed by atoms with Gasteiger partial charge in [0.1, 0.15) is 5.82 Å². The lowest BCUT2D eigenvalue weighted by atomic mass is 10.1. The Morgan fingerprint density at radius 3 is 2.68 bits per heavy atom. The third-order valence-electron chi connectivity index (χ3n) is 3.15. The molecular weight excluding hydrogens is 244 g/mol. The fourth-order valence-electron chi connectivity index (χ4n) is 2.21. The third kappa shape index (κ3) is 1.87. The molecular formula is C13H12N4O2. The van der Waals surface area contributed by atoms with Gasteiger partial charge in [-0.2, -0.15) is 0 Å². The number of carbonyl (C=O) groups is 2. The van der Waals surface area contributed by atoms with Crippen LogP contribution in [0.3, 0.4) is 0 Å². The molecule has 1 fully saturated rings. The summed E-state index contributed by atoms with van der Waals surface area (Å²) in [5.74, 6) is 0.168. The summed E-state index contributed by atoms with van der Waals surface area (Å²) in [4.78, 5) is 28.7. The summed E-state index contributed by atoms with van der Waals surface area (Å²) in [6.45, 7) is 0.347. The molecule has 1 saturated heterocycles. The van der Waals surface area contributed by atoms with E-state index in [1.807, 2.05) is 24.3 Å². The number of nitrogens with one attached hydrogen (secondary N) is 1. The second kappa shape index (κ2) is 4.24. The zero-order valence-electron chi connectivity index (χ0n) is 10.1. The lowest BCUT2D eigenvalue weighted by Crippen LogP contribution is -2.49. The lowest BCUT2D eigenvalue weighted by Gasteiger charge is -2.27. The number of carbonyl (C=O) groups excluding carboxylic acids is 2. The quantitative estimate of drug-likeness (QED) is 0.804. The van der Waals surface area contributed by atoms with Crippen LogP contribution in [0.4, 0.5) is 16.3 Å². The predicted molar refractivity (Wildman–Crippen MR) is 71.7 cm³/mol. The first-order valence-electron chi connectivity index (χ1n) is 5.91. The maximum Gasteiger partial charge on any atom is 0.328 e. The van der Waals surface area contributed by atoms with E-state index in [0.717, 1.165) is 10.8 Å². The maximum absolute atomic E-state index is 11.9. The molecule has 0 radical (unpaired) electrons. The molecule has 3 rings (SSSR count). The van der Waals surface area contributed by atoms with E-state index < -0.39 is 6.03 Å². The van der Waals surface area contributed by atoms with Gasteiger partial charge in [-0.1, -0.05) is 24.3 Å². The first-order valence-corrected chi connectivity index (χ1v) is 5.91. The minimum Gasteiger partial charge on any atom is -0.383 e. The summed E-state index contributed by atoms with van der Waals surface area (Å²) in [5, 5.41) is 3.94. The molecule has 1 aromatic carbocycles. The smallest absolute Gasteiger partial charge is 0.328 e. The van der Waals surface area contributed by atoms with Crippen LogP contribution in [0.25, 0.3) is 10.8 Å². The molecule has 3 N–H and O–H groups in total. The number of nitrogens with zero attached hydrogens (tertiary/aromatic N) is 2. The van der Waals surface area contributed by atoms with Crippen molar-refractivity contribution < 1.29 is 9.59 Å². The number of anilines is 2. The van der Waals surface area contributed by atoms with Crippen LogP contribution in [-0.4, -0.2) is 23.5 Å². The molecule has 0 spiro atoms. The van der Waals surface area contributed by atoms with Gasteiger partial charge < -0.3 is 5.73 Å². The van der Waals surface area contributed by atoms with E-state index >= 15 is 0 Å². The fraction of sp³-hybridized carbons (Fsp3) is 0.154. The summed E-state index contributed by atoms with van der Waals surface area (Å²) in [7, 11) is 0. The van der Waals surface area contributed by atoms with E-state index in [-0.39, 0.29) is 12.3 Å². The van der Waals surface area contributed by atoms with E-state index in [1.165, 1.54) is 4.90 Å². The van der Waals surface area contributed by atoms with E-state index in [4.69, 9.17) is 5.73 Å². The second-order valence-electron chi connectivity index (χ2n) is 4.33. The van der Waals surface area contributed by atoms with E-state index in [2.05, 4.69) is 10.3 Å². The summed E-state index contributed by atoms with van der Waals surface area (Å²) >= 11 is 0. The highest BCUT2D eigenvalue weighted by Gasteiger charge is 2.25. The molecule has 0 bridgehead atoms. The normalized spacial score (nSPS) is 15.7. The fourth-order valence-corrected chi connectivity index (χ4v) is 2.21. The molecule has 1 aliphatic heterocycles. The molecule has 6 heteroatoms. The average molecular weight is 256 g/mol. The van der Waals surface area contributed by atoms with Crippen LogP contribution in [0.15, 0.2) is 30.5 Å². The number of hydrogen-bond donors (Lipinski definition) is 2. The van der Waals surface area contributed by atoms with Gasteiger partial charge in [-0.3, -0.25) is 15.0 Å². The molecule has 2 aromatic rings. The van der Waals surface area contributed by atoms with Crippen molar-refractivity contribution in [1.82, 2.24) is 10.3 Å². The molecule has 6 nitrogen and oxygen atoms in total. The predicted octanol–water partition coefficient (Wildman–Crippen LogP) is 1.26. The number of fused-ring (bicyclic) bond motifs is 1. The standard InChI is InChI=1S/C13H12N4O2/c14-12-9-4-2-1-3-8(9)10(7-15-12)17-6-5-11(18)16-13(17)19/h1-4,7H,5-6H2,(H2,14,15)(H,16,18,19). The highest BCUT2D eigenvalue weighted by molar-refractivity contribution is 6.10. The number of hydrogen-bond acceptors (Lipinski definition) is 4. The van der Waals surface area contributed by atoms with Crippen molar-refractivity contribution in [2.75, 3.05) is 17.2 Å². The number of nitrogens with two attached hydrogens (primary N) is 1. The number of aromatic nitrogens is 1. The first-order chi connectivity index (χ1) is 9.16. The zero-order valence-corrected chi connectivity index (χ0v) is 10.1. The Hall–Kier alpha value is -2.63. The molecule has 0 saturated carbocycles. The molecule has 1 aliphatic rings. The maximum atomic E-state index is 11.9. The van der Waals surface area contributed by atoms with Crippen molar-refractivity contribution >= 4 is 34.2 Å². The van der Waals surface area contributed by atoms with Crippen LogP contribution in [-0.2, 0) is 4.79 Å². The number of imide groups is 1. The zero-order chi connectivity index (χ0) is 13.4. The SMILES string of the molecule is Nc1ncc(N2CCC(=O)NC2=O)c2ccccc12. The van der Waals surface area contributed by atoms with Gasteiger partial charge >= 0.3 is 6.03 Å². The van der Waals surface area contributed by atoms with Crippen LogP contribution in [0.2, 0.25) is 0 Å². The van der Waals surface area contributed by atoms with Crippen LogP contribution in [0.5, 0.6) is 0 Å². The van der Waals surface area contributed by atoms with Crippen molar-refractivity contribution in [3.05, 3.63) is 30.5 Å². The summed E-state index contributed by atoms with van der Waals surface area (Å²) < 4.78 is 0. The number of nitrogen functional groups attached to an aromatic ring is 1. The van der Waals surface area contributed by atoms with Crippen molar-refractivity contribution in [3.63, 3.8) is 0 Å². The van der Waals surface area contributed by atoms with Gasteiger partial charge in [-0.15, -0.1) is 0 Å². The molecule has 96 valence electrons. The minimum atomic E-state index is -0.423. The Balaban J connectivity index is 2.13.